The molecule has 0 amide bonds. The number of carbonyl (C=O) groups excluding carboxylic acids is 2. The molecule has 3 heteroatoms. The van der Waals surface area contributed by atoms with Crippen LogP contribution in [0.25, 0.3) is 0 Å². The van der Waals surface area contributed by atoms with Crippen molar-refractivity contribution in [1.29, 1.82) is 0 Å². The predicted molar refractivity (Wildman–Crippen MR) is 98.4 cm³/mol. The quantitative estimate of drug-likeness (QED) is 0.355. The molecule has 24 heavy (non-hydrogen) atoms. The molecule has 1 atom stereocenters. The van der Waals surface area contributed by atoms with Crippen molar-refractivity contribution in [3.8, 4) is 0 Å². The summed E-state index contributed by atoms with van der Waals surface area (Å²) < 4.78 is 5.40. The van der Waals surface area contributed by atoms with Crippen molar-refractivity contribution in [1.82, 2.24) is 0 Å². The van der Waals surface area contributed by atoms with Crippen LogP contribution in [0, 0.1) is 32.6 Å². The Labute approximate surface area is 146 Å². The van der Waals surface area contributed by atoms with Gasteiger partial charge >= 0.3 is 5.97 Å². The summed E-state index contributed by atoms with van der Waals surface area (Å²) in [5, 5.41) is 0. The van der Waals surface area contributed by atoms with Crippen LogP contribution in [0.1, 0.15) is 73.5 Å². The molecule has 0 N–H and O–H groups in total. The van der Waals surface area contributed by atoms with Crippen LogP contribution in [0.3, 0.4) is 0 Å². The van der Waals surface area contributed by atoms with Gasteiger partial charge in [-0.25, -0.2) is 0 Å². The van der Waals surface area contributed by atoms with E-state index in [1.165, 1.54) is 0 Å². The molecule has 0 saturated heterocycles. The third-order valence-corrected chi connectivity index (χ3v) is 4.31. The SMILES string of the molecule is CCCCC(C(=O)OCCC(C)C)C(=O)c1c(C)cc(C)cc1C. The standard InChI is InChI=1S/C21H32O3/c1-7-8-9-18(21(23)24-11-10-14(2)3)20(22)19-16(5)12-15(4)13-17(19)6/h12-14,18H,7-11H2,1-6H3. The zero-order valence-electron chi connectivity index (χ0n) is 16.1. The highest BCUT2D eigenvalue weighted by atomic mass is 16.5. The Hall–Kier alpha value is -1.64. The van der Waals surface area contributed by atoms with E-state index in [0.717, 1.165) is 36.0 Å². The van der Waals surface area contributed by atoms with Gasteiger partial charge in [-0.1, -0.05) is 51.3 Å². The average molecular weight is 332 g/mol. The van der Waals surface area contributed by atoms with Crippen molar-refractivity contribution in [3.05, 3.63) is 34.4 Å². The molecule has 0 saturated carbocycles. The molecule has 0 aliphatic carbocycles. The van der Waals surface area contributed by atoms with Crippen LogP contribution in [-0.2, 0) is 9.53 Å². The van der Waals surface area contributed by atoms with Crippen LogP contribution in [0.2, 0.25) is 0 Å². The normalized spacial score (nSPS) is 12.3. The Morgan fingerprint density at radius 1 is 1.04 bits per heavy atom. The van der Waals surface area contributed by atoms with Gasteiger partial charge in [0.1, 0.15) is 5.92 Å². The largest absolute Gasteiger partial charge is 0.465 e. The van der Waals surface area contributed by atoms with Crippen molar-refractivity contribution in [2.24, 2.45) is 11.8 Å². The molecule has 0 spiro atoms. The fourth-order valence-electron chi connectivity index (χ4n) is 3.00. The molecular weight excluding hydrogens is 300 g/mol. The lowest BCUT2D eigenvalue weighted by Crippen LogP contribution is -2.28. The van der Waals surface area contributed by atoms with E-state index in [-0.39, 0.29) is 11.8 Å². The number of esters is 1. The maximum Gasteiger partial charge on any atom is 0.316 e. The summed E-state index contributed by atoms with van der Waals surface area (Å²) in [5.74, 6) is -0.664. The molecule has 1 aromatic rings. The summed E-state index contributed by atoms with van der Waals surface area (Å²) in [6, 6.07) is 4.00. The summed E-state index contributed by atoms with van der Waals surface area (Å²) in [5.41, 5.74) is 3.69. The molecule has 1 unspecified atom stereocenters. The van der Waals surface area contributed by atoms with Crippen molar-refractivity contribution in [3.63, 3.8) is 0 Å². The van der Waals surface area contributed by atoms with Gasteiger partial charge in [0.05, 0.1) is 6.61 Å². The van der Waals surface area contributed by atoms with E-state index in [0.29, 0.717) is 24.5 Å². The third-order valence-electron chi connectivity index (χ3n) is 4.31. The Morgan fingerprint density at radius 3 is 2.12 bits per heavy atom. The molecular formula is C21H32O3. The highest BCUT2D eigenvalue weighted by Gasteiger charge is 2.30. The van der Waals surface area contributed by atoms with Crippen LogP contribution in [0.4, 0.5) is 0 Å². The summed E-state index contributed by atoms with van der Waals surface area (Å²) in [6.07, 6.45) is 3.18. The van der Waals surface area contributed by atoms with Gasteiger partial charge in [0.2, 0.25) is 0 Å². The molecule has 0 radical (unpaired) electrons. The summed E-state index contributed by atoms with van der Waals surface area (Å²) >= 11 is 0. The molecule has 0 aromatic heterocycles. The zero-order valence-corrected chi connectivity index (χ0v) is 16.1. The van der Waals surface area contributed by atoms with E-state index >= 15 is 0 Å². The monoisotopic (exact) mass is 332 g/mol. The molecule has 0 aliphatic heterocycles. The Morgan fingerprint density at radius 2 is 1.62 bits per heavy atom. The first-order chi connectivity index (χ1) is 11.3. The fourth-order valence-corrected chi connectivity index (χ4v) is 3.00. The smallest absolute Gasteiger partial charge is 0.316 e. The maximum atomic E-state index is 13.0. The van der Waals surface area contributed by atoms with Gasteiger partial charge in [-0.2, -0.15) is 0 Å². The number of ether oxygens (including phenoxy) is 1. The second-order valence-electron chi connectivity index (χ2n) is 7.18. The molecule has 0 fully saturated rings. The highest BCUT2D eigenvalue weighted by molar-refractivity contribution is 6.10. The summed E-state index contributed by atoms with van der Waals surface area (Å²) in [6.45, 7) is 12.5. The van der Waals surface area contributed by atoms with E-state index in [9.17, 15) is 9.59 Å². The van der Waals surface area contributed by atoms with Gasteiger partial charge in [-0.15, -0.1) is 0 Å². The van der Waals surface area contributed by atoms with Crippen molar-refractivity contribution < 1.29 is 14.3 Å². The summed E-state index contributed by atoms with van der Waals surface area (Å²) in [7, 11) is 0. The number of ketones is 1. The maximum absolute atomic E-state index is 13.0. The number of aryl methyl sites for hydroxylation is 3. The van der Waals surface area contributed by atoms with Gasteiger partial charge in [0.15, 0.2) is 5.78 Å². The first-order valence-electron chi connectivity index (χ1n) is 9.06. The van der Waals surface area contributed by atoms with Gasteiger partial charge in [0.25, 0.3) is 0 Å². The Balaban J connectivity index is 2.98. The molecule has 0 heterocycles. The third kappa shape index (κ3) is 5.77. The number of hydrogen-bond acceptors (Lipinski definition) is 3. The minimum Gasteiger partial charge on any atom is -0.465 e. The van der Waals surface area contributed by atoms with E-state index < -0.39 is 5.92 Å². The number of rotatable bonds is 9. The number of unbranched alkanes of at least 4 members (excludes halogenated alkanes) is 1. The van der Waals surface area contributed by atoms with Crippen LogP contribution < -0.4 is 0 Å². The van der Waals surface area contributed by atoms with Crippen molar-refractivity contribution in [2.75, 3.05) is 6.61 Å². The molecule has 134 valence electrons. The van der Waals surface area contributed by atoms with Crippen molar-refractivity contribution in [2.45, 2.75) is 67.2 Å². The van der Waals surface area contributed by atoms with Crippen molar-refractivity contribution >= 4 is 11.8 Å². The van der Waals surface area contributed by atoms with E-state index in [2.05, 4.69) is 20.8 Å². The van der Waals surface area contributed by atoms with E-state index in [1.54, 1.807) is 0 Å². The topological polar surface area (TPSA) is 43.4 Å². The second kappa shape index (κ2) is 9.61. The number of hydrogen-bond donors (Lipinski definition) is 0. The number of carbonyl (C=O) groups is 2. The lowest BCUT2D eigenvalue weighted by atomic mass is 9.87. The minimum absolute atomic E-state index is 0.0898. The molecule has 0 bridgehead atoms. The van der Waals surface area contributed by atoms with Gasteiger partial charge in [-0.3, -0.25) is 9.59 Å². The van der Waals surface area contributed by atoms with Gasteiger partial charge in [0, 0.05) is 5.56 Å². The summed E-state index contributed by atoms with van der Waals surface area (Å²) in [4.78, 5) is 25.5. The van der Waals surface area contributed by atoms with Crippen LogP contribution >= 0.6 is 0 Å². The Kier molecular flexibility index (Phi) is 8.17. The first-order valence-corrected chi connectivity index (χ1v) is 9.06. The van der Waals surface area contributed by atoms with Crippen LogP contribution in [-0.4, -0.2) is 18.4 Å². The van der Waals surface area contributed by atoms with Crippen LogP contribution in [0.5, 0.6) is 0 Å². The second-order valence-corrected chi connectivity index (χ2v) is 7.18. The lowest BCUT2D eigenvalue weighted by Gasteiger charge is -2.18. The lowest BCUT2D eigenvalue weighted by molar-refractivity contribution is -0.147. The highest BCUT2D eigenvalue weighted by Crippen LogP contribution is 2.24. The number of benzene rings is 1. The van der Waals surface area contributed by atoms with E-state index in [1.807, 2.05) is 32.9 Å². The predicted octanol–water partition coefficient (Wildman–Crippen LogP) is 5.19. The molecule has 0 aliphatic rings. The van der Waals surface area contributed by atoms with Gasteiger partial charge < -0.3 is 4.74 Å². The number of Topliss-reactive ketones (excluding diaryl/α,β-unsaturated/α-hetero) is 1. The fraction of sp³-hybridized carbons (Fsp3) is 0.619. The molecule has 1 aromatic carbocycles. The first kappa shape index (κ1) is 20.4. The minimum atomic E-state index is -0.683. The van der Waals surface area contributed by atoms with E-state index in [4.69, 9.17) is 4.74 Å². The molecule has 3 nitrogen and oxygen atoms in total. The zero-order chi connectivity index (χ0) is 18.3. The molecule has 1 rings (SSSR count). The van der Waals surface area contributed by atoms with Crippen LogP contribution in [0.15, 0.2) is 12.1 Å². The Bertz CT molecular complexity index is 549. The average Bonchev–Trinajstić information content (AvgIpc) is 2.46. The van der Waals surface area contributed by atoms with Gasteiger partial charge in [-0.05, 0) is 50.7 Å².